The Morgan fingerprint density at radius 2 is 1.06 bits per heavy atom. The Morgan fingerprint density at radius 3 is 1.58 bits per heavy atom. The fraction of sp³-hybridized carbons (Fsp3) is 0.786. The first-order chi connectivity index (χ1) is 15.3. The van der Waals surface area contributed by atoms with Gasteiger partial charge < -0.3 is 8.85 Å². The van der Waals surface area contributed by atoms with Gasteiger partial charge in [0.2, 0.25) is 0 Å². The van der Waals surface area contributed by atoms with E-state index in [1.807, 2.05) is 0 Å². The summed E-state index contributed by atoms with van der Waals surface area (Å²) in [4.78, 5) is 0. The Labute approximate surface area is 196 Å². The highest BCUT2D eigenvalue weighted by atomic mass is 28.3. The van der Waals surface area contributed by atoms with Gasteiger partial charge in [-0.15, -0.1) is 0 Å². The number of rotatable bonds is 21. The summed E-state index contributed by atoms with van der Waals surface area (Å²) in [5, 5.41) is 1.38. The molecule has 1 radical (unpaired) electrons. The molecule has 0 aliphatic carbocycles. The minimum Gasteiger partial charge on any atom is -0.390 e. The third-order valence-corrected chi connectivity index (χ3v) is 8.13. The second-order valence-corrected chi connectivity index (χ2v) is 10.5. The van der Waals surface area contributed by atoms with Gasteiger partial charge >= 0.3 is 9.28 Å². The molecule has 0 aliphatic rings. The maximum Gasteiger partial charge on any atom is 0.423 e. The van der Waals surface area contributed by atoms with Crippen LogP contribution in [0.15, 0.2) is 18.2 Å². The monoisotopic (exact) mass is 447 g/mol. The maximum atomic E-state index is 6.10. The summed E-state index contributed by atoms with van der Waals surface area (Å²) in [7, 11) is -1.37. The van der Waals surface area contributed by atoms with Crippen LogP contribution in [0.1, 0.15) is 129 Å². The molecule has 0 fully saturated rings. The number of unbranched alkanes of at least 4 members (excludes halogenated alkanes) is 12. The van der Waals surface area contributed by atoms with Crippen LogP contribution < -0.4 is 5.19 Å². The molecule has 1 aromatic rings. The third-order valence-electron chi connectivity index (χ3n) is 6.12. The van der Waals surface area contributed by atoms with Gasteiger partial charge in [0.15, 0.2) is 0 Å². The zero-order chi connectivity index (χ0) is 22.6. The minimum atomic E-state index is -1.37. The van der Waals surface area contributed by atoms with E-state index < -0.39 is 9.28 Å². The topological polar surface area (TPSA) is 18.5 Å². The standard InChI is InChI=1S/C28H51O2Si/c1-5-9-11-13-15-17-19-22-26-23-21-25-28(31(29-7-3)30-8-4)27(26)24-20-18-16-14-12-10-6-2/h21,23,25H,5-20,22,24H2,1-4H3. The largest absolute Gasteiger partial charge is 0.423 e. The number of aryl methyl sites for hydroxylation is 1. The number of hydrogen-bond donors (Lipinski definition) is 0. The van der Waals surface area contributed by atoms with E-state index in [2.05, 4.69) is 45.9 Å². The summed E-state index contributed by atoms with van der Waals surface area (Å²) >= 11 is 0. The molecular weight excluding hydrogens is 396 g/mol. The second-order valence-electron chi connectivity index (χ2n) is 8.84. The Hall–Kier alpha value is -0.643. The minimum absolute atomic E-state index is 0.729. The molecule has 0 N–H and O–H groups in total. The first-order valence-electron chi connectivity index (χ1n) is 13.5. The fourth-order valence-electron chi connectivity index (χ4n) is 4.35. The highest BCUT2D eigenvalue weighted by Crippen LogP contribution is 2.18. The van der Waals surface area contributed by atoms with Gasteiger partial charge in [-0.3, -0.25) is 0 Å². The maximum absolute atomic E-state index is 6.10. The first kappa shape index (κ1) is 28.4. The van der Waals surface area contributed by atoms with Crippen LogP contribution in [0.3, 0.4) is 0 Å². The van der Waals surface area contributed by atoms with Crippen molar-refractivity contribution in [2.24, 2.45) is 0 Å². The van der Waals surface area contributed by atoms with Crippen molar-refractivity contribution in [3.8, 4) is 0 Å². The van der Waals surface area contributed by atoms with Crippen LogP contribution in [0.2, 0.25) is 0 Å². The molecular formula is C28H51O2Si. The van der Waals surface area contributed by atoms with Crippen LogP contribution in [0, 0.1) is 0 Å². The predicted molar refractivity (Wildman–Crippen MR) is 138 cm³/mol. The molecule has 0 amide bonds. The van der Waals surface area contributed by atoms with E-state index in [1.54, 1.807) is 11.1 Å². The van der Waals surface area contributed by atoms with Crippen molar-refractivity contribution < 1.29 is 8.85 Å². The second kappa shape index (κ2) is 20.0. The predicted octanol–water partition coefficient (Wildman–Crippen LogP) is 8.04. The highest BCUT2D eigenvalue weighted by Gasteiger charge is 2.23. The molecule has 1 aromatic carbocycles. The quantitative estimate of drug-likeness (QED) is 0.140. The molecule has 179 valence electrons. The van der Waals surface area contributed by atoms with Gasteiger partial charge in [0.05, 0.1) is 0 Å². The molecule has 0 saturated heterocycles. The Morgan fingerprint density at radius 1 is 0.581 bits per heavy atom. The van der Waals surface area contributed by atoms with E-state index in [-0.39, 0.29) is 0 Å². The summed E-state index contributed by atoms with van der Waals surface area (Å²) in [6.07, 6.45) is 21.5. The van der Waals surface area contributed by atoms with Crippen LogP contribution in [0.25, 0.3) is 0 Å². The van der Waals surface area contributed by atoms with Crippen LogP contribution in [0.5, 0.6) is 0 Å². The molecule has 1 rings (SSSR count). The molecule has 3 heteroatoms. The molecule has 0 unspecified atom stereocenters. The van der Waals surface area contributed by atoms with Crippen LogP contribution in [-0.4, -0.2) is 22.5 Å². The molecule has 0 spiro atoms. The first-order valence-corrected chi connectivity index (χ1v) is 14.8. The summed E-state index contributed by atoms with van der Waals surface area (Å²) < 4.78 is 12.2. The van der Waals surface area contributed by atoms with Gasteiger partial charge in [0.25, 0.3) is 0 Å². The van der Waals surface area contributed by atoms with E-state index in [0.29, 0.717) is 0 Å². The molecule has 0 aliphatic heterocycles. The van der Waals surface area contributed by atoms with Crippen LogP contribution >= 0.6 is 0 Å². The Kier molecular flexibility index (Phi) is 18.3. The Balaban J connectivity index is 2.71. The lowest BCUT2D eigenvalue weighted by Crippen LogP contribution is -2.40. The lowest BCUT2D eigenvalue weighted by molar-refractivity contribution is 0.225. The van der Waals surface area contributed by atoms with Crippen molar-refractivity contribution in [3.63, 3.8) is 0 Å². The molecule has 0 heterocycles. The smallest absolute Gasteiger partial charge is 0.390 e. The molecule has 0 bridgehead atoms. The van der Waals surface area contributed by atoms with E-state index in [9.17, 15) is 0 Å². The average Bonchev–Trinajstić information content (AvgIpc) is 2.78. The molecule has 0 aromatic heterocycles. The normalized spacial score (nSPS) is 11.5. The zero-order valence-corrected chi connectivity index (χ0v) is 22.3. The van der Waals surface area contributed by atoms with Crippen LogP contribution in [-0.2, 0) is 21.7 Å². The van der Waals surface area contributed by atoms with Crippen molar-refractivity contribution in [1.29, 1.82) is 0 Å². The van der Waals surface area contributed by atoms with Gasteiger partial charge in [-0.1, -0.05) is 109 Å². The van der Waals surface area contributed by atoms with Gasteiger partial charge in [-0.25, -0.2) is 0 Å². The molecule has 31 heavy (non-hydrogen) atoms. The average molecular weight is 448 g/mol. The molecule has 0 atom stereocenters. The van der Waals surface area contributed by atoms with Crippen LogP contribution in [0.4, 0.5) is 0 Å². The number of hydrogen-bond acceptors (Lipinski definition) is 2. The SMILES string of the molecule is CCCCCCCCCc1cccc([Si](OCC)OCC)c1CCCCCCCCC. The highest BCUT2D eigenvalue weighted by molar-refractivity contribution is 6.61. The summed E-state index contributed by atoms with van der Waals surface area (Å²) in [5.41, 5.74) is 3.11. The van der Waals surface area contributed by atoms with Crippen molar-refractivity contribution in [1.82, 2.24) is 0 Å². The van der Waals surface area contributed by atoms with Crippen molar-refractivity contribution in [2.45, 2.75) is 130 Å². The van der Waals surface area contributed by atoms with E-state index in [4.69, 9.17) is 8.85 Å². The van der Waals surface area contributed by atoms with E-state index in [0.717, 1.165) is 13.2 Å². The van der Waals surface area contributed by atoms with E-state index >= 15 is 0 Å². The molecule has 2 nitrogen and oxygen atoms in total. The summed E-state index contributed by atoms with van der Waals surface area (Å²) in [5.74, 6) is 0. The van der Waals surface area contributed by atoms with Crippen molar-refractivity contribution >= 4 is 14.5 Å². The van der Waals surface area contributed by atoms with Gasteiger partial charge in [0.1, 0.15) is 0 Å². The lowest BCUT2D eigenvalue weighted by atomic mass is 9.96. The lowest BCUT2D eigenvalue weighted by Gasteiger charge is -2.20. The fourth-order valence-corrected chi connectivity index (χ4v) is 6.03. The van der Waals surface area contributed by atoms with Gasteiger partial charge in [-0.2, -0.15) is 0 Å². The van der Waals surface area contributed by atoms with Crippen molar-refractivity contribution in [3.05, 3.63) is 29.3 Å². The third kappa shape index (κ3) is 12.8. The summed E-state index contributed by atoms with van der Waals surface area (Å²) in [6, 6.07) is 6.89. The van der Waals surface area contributed by atoms with Crippen molar-refractivity contribution in [2.75, 3.05) is 13.2 Å². The number of benzene rings is 1. The van der Waals surface area contributed by atoms with Gasteiger partial charge in [0, 0.05) is 13.2 Å². The zero-order valence-electron chi connectivity index (χ0n) is 21.3. The van der Waals surface area contributed by atoms with Gasteiger partial charge in [-0.05, 0) is 55.8 Å². The molecule has 0 saturated carbocycles. The van der Waals surface area contributed by atoms with E-state index in [1.165, 1.54) is 108 Å². The summed E-state index contributed by atoms with van der Waals surface area (Å²) in [6.45, 7) is 10.2. The Bertz CT molecular complexity index is 526.